The summed E-state index contributed by atoms with van der Waals surface area (Å²) in [5, 5.41) is 11.4. The molecule has 0 radical (unpaired) electrons. The topological polar surface area (TPSA) is 66.0 Å². The van der Waals surface area contributed by atoms with Crippen molar-refractivity contribution in [2.45, 2.75) is 26.4 Å². The second kappa shape index (κ2) is 10.9. The van der Waals surface area contributed by atoms with Gasteiger partial charge in [0.15, 0.2) is 10.6 Å². The first-order valence-corrected chi connectivity index (χ1v) is 11.3. The number of rotatable bonds is 9. The number of nitrogens with one attached hydrogen (secondary N) is 2. The molecule has 0 saturated heterocycles. The Labute approximate surface area is 197 Å². The number of H-pyrrole nitrogens is 1. The first-order chi connectivity index (χ1) is 14.9. The highest BCUT2D eigenvalue weighted by atomic mass is 35.5. The molecule has 0 spiro atoms. The van der Waals surface area contributed by atoms with Crippen molar-refractivity contribution >= 4 is 41.3 Å². The van der Waals surface area contributed by atoms with Gasteiger partial charge in [-0.2, -0.15) is 5.10 Å². The minimum atomic E-state index is -0.156. The third kappa shape index (κ3) is 5.74. The van der Waals surface area contributed by atoms with Gasteiger partial charge in [-0.25, -0.2) is 0 Å². The van der Waals surface area contributed by atoms with Gasteiger partial charge in [-0.05, 0) is 61.2 Å². The van der Waals surface area contributed by atoms with E-state index in [0.29, 0.717) is 27.2 Å². The van der Waals surface area contributed by atoms with E-state index in [2.05, 4.69) is 34.3 Å². The summed E-state index contributed by atoms with van der Waals surface area (Å²) in [5.74, 6) is 0.431. The summed E-state index contributed by atoms with van der Waals surface area (Å²) < 4.78 is 2.06. The lowest BCUT2D eigenvalue weighted by Gasteiger charge is -2.31. The van der Waals surface area contributed by atoms with Gasteiger partial charge < -0.3 is 5.32 Å². The highest BCUT2D eigenvalue weighted by Crippen LogP contribution is 2.27. The van der Waals surface area contributed by atoms with Crippen LogP contribution in [-0.2, 0) is 11.3 Å². The Balaban J connectivity index is 1.76. The Morgan fingerprint density at radius 3 is 2.48 bits per heavy atom. The van der Waals surface area contributed by atoms with E-state index >= 15 is 0 Å². The van der Waals surface area contributed by atoms with E-state index in [-0.39, 0.29) is 18.5 Å². The highest BCUT2D eigenvalue weighted by molar-refractivity contribution is 7.71. The number of carbonyl (C=O) groups is 1. The fraction of sp³-hybridized carbons (Fsp3) is 0.318. The smallest absolute Gasteiger partial charge is 0.240 e. The summed E-state index contributed by atoms with van der Waals surface area (Å²) in [6.45, 7) is 6.37. The number of benzene rings is 2. The fourth-order valence-corrected chi connectivity index (χ4v) is 4.12. The standard InChI is InChI=1S/C22H25Cl2N5OS/c1-3-28(4-2)19(17-7-5-6-8-18(17)24)13-25-20(30)14-29-21(26-27-22(29)31)15-9-11-16(23)12-10-15/h5-12,19H,3-4,13-14H2,1-2H3,(H,25,30)(H,27,31). The molecular weight excluding hydrogens is 453 g/mol. The largest absolute Gasteiger partial charge is 0.353 e. The molecule has 0 aliphatic carbocycles. The van der Waals surface area contributed by atoms with Gasteiger partial charge in [0.2, 0.25) is 5.91 Å². The van der Waals surface area contributed by atoms with Crippen LogP contribution in [0.1, 0.15) is 25.5 Å². The SMILES string of the molecule is CCN(CC)C(CNC(=O)Cn1c(-c2ccc(Cl)cc2)n[nH]c1=S)c1ccccc1Cl. The minimum Gasteiger partial charge on any atom is -0.353 e. The van der Waals surface area contributed by atoms with Crippen molar-refractivity contribution in [3.8, 4) is 11.4 Å². The second-order valence-corrected chi connectivity index (χ2v) is 8.24. The lowest BCUT2D eigenvalue weighted by Crippen LogP contribution is -2.39. The summed E-state index contributed by atoms with van der Waals surface area (Å²) in [4.78, 5) is 15.1. The zero-order chi connectivity index (χ0) is 22.4. The van der Waals surface area contributed by atoms with E-state index in [4.69, 9.17) is 35.4 Å². The zero-order valence-electron chi connectivity index (χ0n) is 17.4. The van der Waals surface area contributed by atoms with Crippen LogP contribution < -0.4 is 5.32 Å². The average molecular weight is 478 g/mol. The Morgan fingerprint density at radius 1 is 1.16 bits per heavy atom. The molecule has 164 valence electrons. The van der Waals surface area contributed by atoms with Crippen LogP contribution >= 0.6 is 35.4 Å². The quantitative estimate of drug-likeness (QED) is 0.420. The minimum absolute atomic E-state index is 0.0271. The van der Waals surface area contributed by atoms with Crippen LogP contribution in [0.3, 0.4) is 0 Å². The summed E-state index contributed by atoms with van der Waals surface area (Å²) in [6, 6.07) is 15.0. The molecule has 2 N–H and O–H groups in total. The van der Waals surface area contributed by atoms with Crippen LogP contribution in [0.2, 0.25) is 10.0 Å². The molecule has 0 fully saturated rings. The Hall–Kier alpha value is -2.19. The Bertz CT molecular complexity index is 1080. The molecule has 3 aromatic rings. The van der Waals surface area contributed by atoms with Gasteiger partial charge in [0.05, 0.1) is 6.04 Å². The molecular formula is C22H25Cl2N5OS. The molecule has 0 aliphatic heterocycles. The molecule has 1 amide bonds. The molecule has 1 atom stereocenters. The summed E-state index contributed by atoms with van der Waals surface area (Å²) in [5.41, 5.74) is 1.82. The first kappa shape index (κ1) is 23.5. The highest BCUT2D eigenvalue weighted by Gasteiger charge is 2.21. The number of halogens is 2. The van der Waals surface area contributed by atoms with Gasteiger partial charge in [0, 0.05) is 22.2 Å². The molecule has 1 aromatic heterocycles. The molecule has 0 aliphatic rings. The molecule has 31 heavy (non-hydrogen) atoms. The summed E-state index contributed by atoms with van der Waals surface area (Å²) in [6.07, 6.45) is 0. The van der Waals surface area contributed by atoms with Crippen molar-refractivity contribution in [1.82, 2.24) is 25.0 Å². The second-order valence-electron chi connectivity index (χ2n) is 7.01. The first-order valence-electron chi connectivity index (χ1n) is 10.1. The number of hydrogen-bond donors (Lipinski definition) is 2. The van der Waals surface area contributed by atoms with Crippen molar-refractivity contribution < 1.29 is 4.79 Å². The van der Waals surface area contributed by atoms with Gasteiger partial charge in [0.1, 0.15) is 6.54 Å². The van der Waals surface area contributed by atoms with Crippen LogP contribution in [0, 0.1) is 4.77 Å². The molecule has 6 nitrogen and oxygen atoms in total. The zero-order valence-corrected chi connectivity index (χ0v) is 19.8. The van der Waals surface area contributed by atoms with Crippen molar-refractivity contribution in [2.24, 2.45) is 0 Å². The van der Waals surface area contributed by atoms with Crippen molar-refractivity contribution in [2.75, 3.05) is 19.6 Å². The predicted octanol–water partition coefficient (Wildman–Crippen LogP) is 5.11. The van der Waals surface area contributed by atoms with Gasteiger partial charge in [-0.3, -0.25) is 19.4 Å². The number of carbonyl (C=O) groups excluding carboxylic acids is 1. The number of aromatic nitrogens is 3. The van der Waals surface area contributed by atoms with E-state index in [9.17, 15) is 4.79 Å². The normalized spacial score (nSPS) is 12.2. The van der Waals surface area contributed by atoms with Crippen molar-refractivity contribution in [3.63, 3.8) is 0 Å². The molecule has 3 rings (SSSR count). The molecule has 1 unspecified atom stereocenters. The van der Waals surface area contributed by atoms with Gasteiger partial charge in [-0.15, -0.1) is 0 Å². The molecule has 0 bridgehead atoms. The molecule has 9 heteroatoms. The number of likely N-dealkylation sites (N-methyl/N-ethyl adjacent to an activating group) is 1. The average Bonchev–Trinajstić information content (AvgIpc) is 3.12. The predicted molar refractivity (Wildman–Crippen MR) is 128 cm³/mol. The number of aromatic amines is 1. The monoisotopic (exact) mass is 477 g/mol. The van der Waals surface area contributed by atoms with Gasteiger partial charge >= 0.3 is 0 Å². The summed E-state index contributed by atoms with van der Waals surface area (Å²) in [7, 11) is 0. The van der Waals surface area contributed by atoms with Crippen LogP contribution in [0.25, 0.3) is 11.4 Å². The molecule has 1 heterocycles. The van der Waals surface area contributed by atoms with E-state index in [1.165, 1.54) is 0 Å². The van der Waals surface area contributed by atoms with E-state index in [0.717, 1.165) is 24.2 Å². The fourth-order valence-electron chi connectivity index (χ4n) is 3.54. The maximum absolute atomic E-state index is 12.8. The molecule has 2 aromatic carbocycles. The van der Waals surface area contributed by atoms with Crippen LogP contribution in [0.5, 0.6) is 0 Å². The number of hydrogen-bond acceptors (Lipinski definition) is 4. The van der Waals surface area contributed by atoms with Gasteiger partial charge in [0.25, 0.3) is 0 Å². The maximum Gasteiger partial charge on any atom is 0.240 e. The van der Waals surface area contributed by atoms with Crippen LogP contribution in [0.4, 0.5) is 0 Å². The van der Waals surface area contributed by atoms with Crippen molar-refractivity contribution in [3.05, 3.63) is 68.9 Å². The molecule has 0 saturated carbocycles. The third-order valence-corrected chi connectivity index (χ3v) is 6.08. The Kier molecular flexibility index (Phi) is 8.26. The van der Waals surface area contributed by atoms with E-state index in [1.54, 1.807) is 16.7 Å². The lowest BCUT2D eigenvalue weighted by atomic mass is 10.0. The Morgan fingerprint density at radius 2 is 1.84 bits per heavy atom. The lowest BCUT2D eigenvalue weighted by molar-refractivity contribution is -0.121. The van der Waals surface area contributed by atoms with Crippen LogP contribution in [-0.4, -0.2) is 45.2 Å². The van der Waals surface area contributed by atoms with Crippen LogP contribution in [0.15, 0.2) is 48.5 Å². The van der Waals surface area contributed by atoms with E-state index in [1.807, 2.05) is 36.4 Å². The maximum atomic E-state index is 12.8. The van der Waals surface area contributed by atoms with Gasteiger partial charge in [-0.1, -0.05) is 55.2 Å². The third-order valence-electron chi connectivity index (χ3n) is 5.17. The van der Waals surface area contributed by atoms with Crippen molar-refractivity contribution in [1.29, 1.82) is 0 Å². The summed E-state index contributed by atoms with van der Waals surface area (Å²) >= 11 is 17.8. The van der Waals surface area contributed by atoms with E-state index < -0.39 is 0 Å². The number of amides is 1. The number of nitrogens with zero attached hydrogens (tertiary/aromatic N) is 3.